The highest BCUT2D eigenvalue weighted by atomic mass is 79.9. The number of hydrogen-bond acceptors (Lipinski definition) is 4. The topological polar surface area (TPSA) is 55.2 Å². The molecule has 1 heterocycles. The minimum absolute atomic E-state index is 0.276. The van der Waals surface area contributed by atoms with Crippen molar-refractivity contribution >= 4 is 34.4 Å². The van der Waals surface area contributed by atoms with Gasteiger partial charge in [-0.05, 0) is 48.1 Å². The molecule has 5 nitrogen and oxygen atoms in total. The maximum atomic E-state index is 13.0. The van der Waals surface area contributed by atoms with Gasteiger partial charge in [-0.25, -0.2) is 4.39 Å². The number of hydrogen-bond donors (Lipinski definition) is 1. The number of benzene rings is 2. The Bertz CT molecular complexity index is 966. The lowest BCUT2D eigenvalue weighted by molar-refractivity contribution is 0.414. The van der Waals surface area contributed by atoms with E-state index >= 15 is 0 Å². The number of nitrogens with one attached hydrogen (secondary N) is 1. The number of rotatable bonds is 5. The Morgan fingerprint density at radius 2 is 2.08 bits per heavy atom. The molecule has 0 bridgehead atoms. The average molecular weight is 421 g/mol. The van der Waals surface area contributed by atoms with Gasteiger partial charge in [0.05, 0.1) is 13.3 Å². The number of aromatic amines is 1. The van der Waals surface area contributed by atoms with E-state index < -0.39 is 0 Å². The van der Waals surface area contributed by atoms with Crippen molar-refractivity contribution in [2.45, 2.75) is 6.42 Å². The van der Waals surface area contributed by atoms with Gasteiger partial charge in [0.2, 0.25) is 4.77 Å². The van der Waals surface area contributed by atoms with E-state index in [-0.39, 0.29) is 5.82 Å². The lowest BCUT2D eigenvalue weighted by Gasteiger charge is -2.05. The fraction of sp³-hybridized carbons (Fsp3) is 0.118. The van der Waals surface area contributed by atoms with Gasteiger partial charge in [0.15, 0.2) is 5.82 Å². The molecule has 0 saturated heterocycles. The summed E-state index contributed by atoms with van der Waals surface area (Å²) in [6, 6.07) is 11.9. The summed E-state index contributed by atoms with van der Waals surface area (Å²) in [5, 5.41) is 11.4. The average Bonchev–Trinajstić information content (AvgIpc) is 2.95. The number of aromatic nitrogens is 3. The first kappa shape index (κ1) is 17.5. The van der Waals surface area contributed by atoms with Crippen molar-refractivity contribution in [3.63, 3.8) is 0 Å². The highest BCUT2D eigenvalue weighted by molar-refractivity contribution is 9.10. The first-order valence-corrected chi connectivity index (χ1v) is 8.55. The van der Waals surface area contributed by atoms with Crippen LogP contribution in [-0.4, -0.2) is 28.2 Å². The smallest absolute Gasteiger partial charge is 0.216 e. The molecule has 2 aromatic carbocycles. The Labute approximate surface area is 157 Å². The van der Waals surface area contributed by atoms with Crippen LogP contribution in [0.1, 0.15) is 17.0 Å². The standard InChI is InChI=1S/C17H14BrFN4OS/c1-24-15-7-4-13(18)9-12(15)10-20-23-16(21-22-17(23)25)8-11-2-5-14(19)6-3-11/h2-7,9-10H,8H2,1H3,(H,22,25)/b20-10-. The summed E-state index contributed by atoms with van der Waals surface area (Å²) >= 11 is 8.67. The molecule has 0 amide bonds. The first-order valence-electron chi connectivity index (χ1n) is 7.35. The van der Waals surface area contributed by atoms with Gasteiger partial charge in [-0.1, -0.05) is 28.1 Å². The zero-order valence-corrected chi connectivity index (χ0v) is 15.6. The largest absolute Gasteiger partial charge is 0.496 e. The van der Waals surface area contributed by atoms with Crippen LogP contribution in [0.3, 0.4) is 0 Å². The van der Waals surface area contributed by atoms with E-state index in [0.29, 0.717) is 22.8 Å². The molecule has 0 saturated carbocycles. The molecule has 3 aromatic rings. The summed E-state index contributed by atoms with van der Waals surface area (Å²) in [6.07, 6.45) is 2.13. The summed E-state index contributed by atoms with van der Waals surface area (Å²) < 4.78 is 21.2. The van der Waals surface area contributed by atoms with Gasteiger partial charge in [0, 0.05) is 16.5 Å². The Kier molecular flexibility index (Phi) is 5.40. The lowest BCUT2D eigenvalue weighted by atomic mass is 10.1. The summed E-state index contributed by atoms with van der Waals surface area (Å²) in [4.78, 5) is 0. The van der Waals surface area contributed by atoms with Crippen LogP contribution in [0, 0.1) is 10.6 Å². The fourth-order valence-electron chi connectivity index (χ4n) is 2.27. The number of halogens is 2. The van der Waals surface area contributed by atoms with Gasteiger partial charge in [0.25, 0.3) is 0 Å². The summed E-state index contributed by atoms with van der Waals surface area (Å²) in [6.45, 7) is 0. The normalized spacial score (nSPS) is 11.2. The second kappa shape index (κ2) is 7.71. The van der Waals surface area contributed by atoms with Crippen molar-refractivity contribution in [3.8, 4) is 5.75 Å². The zero-order valence-electron chi connectivity index (χ0n) is 13.2. The van der Waals surface area contributed by atoms with E-state index in [4.69, 9.17) is 17.0 Å². The highest BCUT2D eigenvalue weighted by Gasteiger charge is 2.07. The molecule has 0 aliphatic heterocycles. The van der Waals surface area contributed by atoms with E-state index in [9.17, 15) is 4.39 Å². The minimum Gasteiger partial charge on any atom is -0.496 e. The predicted octanol–water partition coefficient (Wildman–Crippen LogP) is 4.32. The molecular weight excluding hydrogens is 407 g/mol. The van der Waals surface area contributed by atoms with Gasteiger partial charge < -0.3 is 4.74 Å². The van der Waals surface area contributed by atoms with Crippen molar-refractivity contribution in [1.29, 1.82) is 0 Å². The molecular formula is C17H14BrFN4OS. The van der Waals surface area contributed by atoms with Gasteiger partial charge in [-0.15, -0.1) is 0 Å². The van der Waals surface area contributed by atoms with Crippen LogP contribution in [0.5, 0.6) is 5.75 Å². The van der Waals surface area contributed by atoms with Crippen LogP contribution < -0.4 is 4.74 Å². The Hall–Kier alpha value is -2.32. The van der Waals surface area contributed by atoms with Crippen LogP contribution in [-0.2, 0) is 6.42 Å². The molecule has 3 rings (SSSR count). The van der Waals surface area contributed by atoms with Gasteiger partial charge in [0.1, 0.15) is 11.6 Å². The fourth-order valence-corrected chi connectivity index (χ4v) is 2.85. The highest BCUT2D eigenvalue weighted by Crippen LogP contribution is 2.21. The van der Waals surface area contributed by atoms with Crippen molar-refractivity contribution < 1.29 is 9.13 Å². The lowest BCUT2D eigenvalue weighted by Crippen LogP contribution is -2.01. The predicted molar refractivity (Wildman–Crippen MR) is 100 cm³/mol. The van der Waals surface area contributed by atoms with Crippen molar-refractivity contribution in [3.05, 3.63) is 74.5 Å². The minimum atomic E-state index is -0.276. The van der Waals surface area contributed by atoms with Crippen molar-refractivity contribution in [2.75, 3.05) is 7.11 Å². The third-order valence-electron chi connectivity index (χ3n) is 3.50. The maximum Gasteiger partial charge on any atom is 0.216 e. The second-order valence-electron chi connectivity index (χ2n) is 5.19. The molecule has 8 heteroatoms. The second-order valence-corrected chi connectivity index (χ2v) is 6.49. The number of ether oxygens (including phenoxy) is 1. The molecule has 0 fully saturated rings. The van der Waals surface area contributed by atoms with Crippen molar-refractivity contribution in [2.24, 2.45) is 5.10 Å². The van der Waals surface area contributed by atoms with Crippen LogP contribution in [0.4, 0.5) is 4.39 Å². The third-order valence-corrected chi connectivity index (χ3v) is 4.25. The summed E-state index contributed by atoms with van der Waals surface area (Å²) in [5.41, 5.74) is 1.71. The Balaban J connectivity index is 1.91. The summed E-state index contributed by atoms with van der Waals surface area (Å²) in [7, 11) is 1.60. The molecule has 0 aliphatic rings. The van der Waals surface area contributed by atoms with E-state index in [2.05, 4.69) is 31.2 Å². The number of H-pyrrole nitrogens is 1. The molecule has 1 aromatic heterocycles. The number of nitrogens with zero attached hydrogens (tertiary/aromatic N) is 3. The first-order chi connectivity index (χ1) is 12.1. The summed E-state index contributed by atoms with van der Waals surface area (Å²) in [5.74, 6) is 1.05. The van der Waals surface area contributed by atoms with Gasteiger partial charge in [-0.3, -0.25) is 5.10 Å². The zero-order chi connectivity index (χ0) is 17.8. The van der Waals surface area contributed by atoms with E-state index in [1.54, 1.807) is 30.1 Å². The monoisotopic (exact) mass is 420 g/mol. The van der Waals surface area contributed by atoms with Crippen LogP contribution in [0.2, 0.25) is 0 Å². The van der Waals surface area contributed by atoms with Gasteiger partial charge in [-0.2, -0.15) is 14.9 Å². The molecule has 0 radical (unpaired) electrons. The number of methoxy groups -OCH3 is 1. The molecule has 0 spiro atoms. The molecule has 0 aliphatic carbocycles. The van der Waals surface area contributed by atoms with Crippen LogP contribution >= 0.6 is 28.1 Å². The molecule has 0 atom stereocenters. The van der Waals surface area contributed by atoms with E-state index in [0.717, 1.165) is 15.6 Å². The SMILES string of the molecule is COc1ccc(Br)cc1/C=N\n1c(Cc2ccc(F)cc2)n[nH]c1=S. The van der Waals surface area contributed by atoms with Gasteiger partial charge >= 0.3 is 0 Å². The molecule has 1 N–H and O–H groups in total. The van der Waals surface area contributed by atoms with E-state index in [1.807, 2.05) is 18.2 Å². The molecule has 25 heavy (non-hydrogen) atoms. The van der Waals surface area contributed by atoms with Crippen LogP contribution in [0.25, 0.3) is 0 Å². The molecule has 0 unspecified atom stereocenters. The maximum absolute atomic E-state index is 13.0. The van der Waals surface area contributed by atoms with Crippen LogP contribution in [0.15, 0.2) is 52.0 Å². The van der Waals surface area contributed by atoms with Crippen molar-refractivity contribution in [1.82, 2.24) is 14.9 Å². The molecule has 128 valence electrons. The Morgan fingerprint density at radius 3 is 2.80 bits per heavy atom. The third kappa shape index (κ3) is 4.21. The quantitative estimate of drug-likeness (QED) is 0.493. The Morgan fingerprint density at radius 1 is 1.32 bits per heavy atom. The van der Waals surface area contributed by atoms with E-state index in [1.165, 1.54) is 12.1 Å².